The van der Waals surface area contributed by atoms with E-state index >= 15 is 0 Å². The first-order valence-electron chi connectivity index (χ1n) is 8.29. The van der Waals surface area contributed by atoms with Crippen molar-refractivity contribution in [2.45, 2.75) is 18.9 Å². The van der Waals surface area contributed by atoms with Crippen LogP contribution in [0.25, 0.3) is 10.8 Å². The summed E-state index contributed by atoms with van der Waals surface area (Å²) < 4.78 is 5.28. The Labute approximate surface area is 150 Å². The zero-order valence-corrected chi connectivity index (χ0v) is 14.4. The van der Waals surface area contributed by atoms with Crippen molar-refractivity contribution in [3.05, 3.63) is 42.2 Å². The highest BCUT2D eigenvalue weighted by molar-refractivity contribution is 6.06. The van der Waals surface area contributed by atoms with Crippen molar-refractivity contribution in [3.8, 4) is 0 Å². The maximum Gasteiger partial charge on any atom is 0.270 e. The van der Waals surface area contributed by atoms with Crippen LogP contribution in [-0.2, 0) is 14.4 Å². The number of nitrogens with two attached hydrogens (primary N) is 1. The average Bonchev–Trinajstić information content (AvgIpc) is 3.09. The third-order valence-electron chi connectivity index (χ3n) is 4.17. The Morgan fingerprint density at radius 3 is 2.92 bits per heavy atom. The van der Waals surface area contributed by atoms with Gasteiger partial charge in [-0.2, -0.15) is 0 Å². The lowest BCUT2D eigenvalue weighted by Gasteiger charge is -2.22. The van der Waals surface area contributed by atoms with Gasteiger partial charge in [0, 0.05) is 24.6 Å². The molecule has 136 valence electrons. The van der Waals surface area contributed by atoms with E-state index in [1.54, 1.807) is 6.20 Å². The predicted molar refractivity (Wildman–Crippen MR) is 95.6 cm³/mol. The molecule has 0 radical (unpaired) electrons. The Morgan fingerprint density at radius 1 is 1.35 bits per heavy atom. The Morgan fingerprint density at radius 2 is 2.15 bits per heavy atom. The summed E-state index contributed by atoms with van der Waals surface area (Å²) in [6.45, 7) is 2.38. The van der Waals surface area contributed by atoms with Gasteiger partial charge in [-0.1, -0.05) is 29.4 Å². The van der Waals surface area contributed by atoms with Crippen LogP contribution in [0.4, 0.5) is 0 Å². The zero-order valence-electron chi connectivity index (χ0n) is 14.4. The number of nitrogens with zero attached hydrogens (tertiary/aromatic N) is 2. The number of hydrogen-bond acceptors (Lipinski definition) is 6. The standard InChI is InChI=1S/C18H20N4O4/c1-2-25-11-18(17(19)24)9-13(22-26-18)10-21-16(23)15-14-6-4-3-5-12(14)7-8-20-15/h3-8H,2,9-11H2,1H3,(H2,19,24)(H,21,23). The summed E-state index contributed by atoms with van der Waals surface area (Å²) >= 11 is 0. The highest BCUT2D eigenvalue weighted by Gasteiger charge is 2.45. The molecule has 1 aromatic heterocycles. The second-order valence-corrected chi connectivity index (χ2v) is 5.98. The second kappa shape index (κ2) is 7.49. The number of aromatic nitrogens is 1. The quantitative estimate of drug-likeness (QED) is 0.768. The van der Waals surface area contributed by atoms with E-state index in [9.17, 15) is 9.59 Å². The molecule has 0 saturated carbocycles. The molecule has 3 N–H and O–H groups in total. The van der Waals surface area contributed by atoms with E-state index in [2.05, 4.69) is 15.5 Å². The van der Waals surface area contributed by atoms with E-state index in [1.807, 2.05) is 37.3 Å². The van der Waals surface area contributed by atoms with E-state index in [0.29, 0.717) is 18.0 Å². The predicted octanol–water partition coefficient (Wildman–Crippen LogP) is 1.00. The van der Waals surface area contributed by atoms with E-state index in [0.717, 1.165) is 10.8 Å². The minimum atomic E-state index is -1.31. The maximum atomic E-state index is 12.5. The molecule has 0 bridgehead atoms. The lowest BCUT2D eigenvalue weighted by molar-refractivity contribution is -0.148. The number of benzene rings is 1. The highest BCUT2D eigenvalue weighted by atomic mass is 16.7. The molecule has 2 amide bonds. The Kier molecular flexibility index (Phi) is 5.13. The fourth-order valence-corrected chi connectivity index (χ4v) is 2.76. The molecule has 0 spiro atoms. The summed E-state index contributed by atoms with van der Waals surface area (Å²) in [5.41, 5.74) is 4.96. The van der Waals surface area contributed by atoms with E-state index in [4.69, 9.17) is 15.3 Å². The van der Waals surface area contributed by atoms with Gasteiger partial charge in [0.1, 0.15) is 5.69 Å². The number of fused-ring (bicyclic) bond motifs is 1. The maximum absolute atomic E-state index is 12.5. The number of nitrogens with one attached hydrogen (secondary N) is 1. The van der Waals surface area contributed by atoms with Gasteiger partial charge in [0.05, 0.1) is 18.9 Å². The zero-order chi connectivity index (χ0) is 18.6. The Hall–Kier alpha value is -3.00. The number of rotatable bonds is 7. The molecule has 0 saturated heterocycles. The normalized spacial score (nSPS) is 19.0. The van der Waals surface area contributed by atoms with Gasteiger partial charge in [-0.3, -0.25) is 14.6 Å². The highest BCUT2D eigenvalue weighted by Crippen LogP contribution is 2.24. The first kappa shape index (κ1) is 17.8. The largest absolute Gasteiger partial charge is 0.377 e. The topological polar surface area (TPSA) is 116 Å². The van der Waals surface area contributed by atoms with Crippen LogP contribution < -0.4 is 11.1 Å². The van der Waals surface area contributed by atoms with Crippen LogP contribution in [0, 0.1) is 0 Å². The smallest absolute Gasteiger partial charge is 0.270 e. The summed E-state index contributed by atoms with van der Waals surface area (Å²) in [6, 6.07) is 9.35. The van der Waals surface area contributed by atoms with E-state index in [1.165, 1.54) is 0 Å². The van der Waals surface area contributed by atoms with Crippen molar-refractivity contribution in [3.63, 3.8) is 0 Å². The molecule has 1 unspecified atom stereocenters. The molecule has 8 nitrogen and oxygen atoms in total. The fourth-order valence-electron chi connectivity index (χ4n) is 2.76. The van der Waals surface area contributed by atoms with Crippen LogP contribution in [0.3, 0.4) is 0 Å². The number of primary amides is 1. The number of pyridine rings is 1. The van der Waals surface area contributed by atoms with Crippen LogP contribution in [0.2, 0.25) is 0 Å². The molecule has 1 aliphatic rings. The fraction of sp³-hybridized carbons (Fsp3) is 0.333. The van der Waals surface area contributed by atoms with Gasteiger partial charge in [0.15, 0.2) is 0 Å². The van der Waals surface area contributed by atoms with Crippen LogP contribution in [0.1, 0.15) is 23.8 Å². The van der Waals surface area contributed by atoms with Crippen LogP contribution >= 0.6 is 0 Å². The van der Waals surface area contributed by atoms with Gasteiger partial charge in [0.2, 0.25) is 5.60 Å². The van der Waals surface area contributed by atoms with Crippen molar-refractivity contribution in [2.75, 3.05) is 19.8 Å². The van der Waals surface area contributed by atoms with Gasteiger partial charge in [-0.15, -0.1) is 0 Å². The van der Waals surface area contributed by atoms with Crippen molar-refractivity contribution in [1.29, 1.82) is 0 Å². The SMILES string of the molecule is CCOCC1(C(N)=O)CC(CNC(=O)c2nccc3ccccc23)=NO1. The summed E-state index contributed by atoms with van der Waals surface area (Å²) in [7, 11) is 0. The van der Waals surface area contributed by atoms with E-state index in [-0.39, 0.29) is 25.5 Å². The molecule has 1 aliphatic heterocycles. The lowest BCUT2D eigenvalue weighted by atomic mass is 9.97. The first-order chi connectivity index (χ1) is 12.6. The van der Waals surface area contributed by atoms with Crippen LogP contribution in [0.15, 0.2) is 41.7 Å². The van der Waals surface area contributed by atoms with Gasteiger partial charge in [-0.05, 0) is 18.4 Å². The summed E-state index contributed by atoms with van der Waals surface area (Å²) in [5, 5.41) is 8.35. The number of carbonyl (C=O) groups is 2. The number of hydrogen-bond donors (Lipinski definition) is 2. The van der Waals surface area contributed by atoms with Crippen molar-refractivity contribution in [1.82, 2.24) is 10.3 Å². The molecule has 2 aromatic rings. The summed E-state index contributed by atoms with van der Waals surface area (Å²) in [5.74, 6) is -0.974. The molecule has 8 heteroatoms. The molecule has 1 atom stereocenters. The first-order valence-corrected chi connectivity index (χ1v) is 8.29. The van der Waals surface area contributed by atoms with Crippen molar-refractivity contribution in [2.24, 2.45) is 10.9 Å². The lowest BCUT2D eigenvalue weighted by Crippen LogP contribution is -2.48. The summed E-state index contributed by atoms with van der Waals surface area (Å²) in [4.78, 5) is 33.6. The second-order valence-electron chi connectivity index (χ2n) is 5.98. The van der Waals surface area contributed by atoms with Crippen LogP contribution in [0.5, 0.6) is 0 Å². The van der Waals surface area contributed by atoms with Crippen molar-refractivity contribution < 1.29 is 19.2 Å². The minimum absolute atomic E-state index is 0.0185. The van der Waals surface area contributed by atoms with Gasteiger partial charge < -0.3 is 20.6 Å². The van der Waals surface area contributed by atoms with E-state index < -0.39 is 11.5 Å². The number of oxime groups is 1. The Balaban J connectivity index is 1.66. The molecular formula is C18H20N4O4. The molecular weight excluding hydrogens is 336 g/mol. The Bertz CT molecular complexity index is 862. The molecule has 3 rings (SSSR count). The number of ether oxygens (including phenoxy) is 1. The van der Waals surface area contributed by atoms with Gasteiger partial charge >= 0.3 is 0 Å². The number of carbonyl (C=O) groups excluding carboxylic acids is 2. The molecule has 0 aliphatic carbocycles. The average molecular weight is 356 g/mol. The molecule has 0 fully saturated rings. The molecule has 2 heterocycles. The number of amides is 2. The third kappa shape index (κ3) is 3.50. The minimum Gasteiger partial charge on any atom is -0.377 e. The van der Waals surface area contributed by atoms with Crippen LogP contribution in [-0.4, -0.2) is 47.9 Å². The monoisotopic (exact) mass is 356 g/mol. The third-order valence-corrected chi connectivity index (χ3v) is 4.17. The summed E-state index contributed by atoms with van der Waals surface area (Å²) in [6.07, 6.45) is 1.76. The van der Waals surface area contributed by atoms with Gasteiger partial charge in [-0.25, -0.2) is 0 Å². The molecule has 26 heavy (non-hydrogen) atoms. The van der Waals surface area contributed by atoms with Gasteiger partial charge in [0.25, 0.3) is 11.8 Å². The van der Waals surface area contributed by atoms with Crippen molar-refractivity contribution >= 4 is 28.3 Å². The molecule has 1 aromatic carbocycles.